The molecule has 2 aromatic heterocycles. The zero-order chi connectivity index (χ0) is 27.4. The first-order valence-electron chi connectivity index (χ1n) is 12.5. The van der Waals surface area contributed by atoms with E-state index in [1.165, 1.54) is 12.3 Å². The van der Waals surface area contributed by atoms with Crippen LogP contribution in [0.3, 0.4) is 0 Å². The Labute approximate surface area is 220 Å². The van der Waals surface area contributed by atoms with E-state index in [-0.39, 0.29) is 24.3 Å². The molecule has 4 atom stereocenters. The molecule has 0 unspecified atom stereocenters. The molecule has 2 aliphatic heterocycles. The zero-order valence-electron chi connectivity index (χ0n) is 21.8. The first-order valence-corrected chi connectivity index (χ1v) is 14.6. The second-order valence-electron chi connectivity index (χ2n) is 11.1. The van der Waals surface area contributed by atoms with Crippen LogP contribution in [0.15, 0.2) is 36.7 Å². The Balaban J connectivity index is 1.37. The molecule has 2 N–H and O–H groups in total. The number of alkyl halides is 1. The fraction of sp³-hybridized carbons (Fsp3) is 0.500. The number of aliphatic hydroxyl groups excluding tert-OH is 1. The lowest BCUT2D eigenvalue weighted by atomic mass is 9.80. The number of nitrogens with one attached hydrogen (secondary N) is 1. The van der Waals surface area contributed by atoms with E-state index in [2.05, 4.69) is 25.2 Å². The first-order chi connectivity index (χ1) is 17.8. The summed E-state index contributed by atoms with van der Waals surface area (Å²) in [5, 5.41) is 14.2. The predicted octanol–water partition coefficient (Wildman–Crippen LogP) is 3.32. The normalized spacial score (nSPS) is 25.3. The molecule has 204 valence electrons. The van der Waals surface area contributed by atoms with Crippen molar-refractivity contribution in [2.75, 3.05) is 46.8 Å². The average Bonchev–Trinajstić information content (AvgIpc) is 2.85. The fourth-order valence-corrected chi connectivity index (χ4v) is 6.56. The third-order valence-electron chi connectivity index (χ3n) is 7.57. The lowest BCUT2D eigenvalue weighted by molar-refractivity contribution is -0.0257. The van der Waals surface area contributed by atoms with E-state index < -0.39 is 33.3 Å². The molecule has 2 aliphatic rings. The smallest absolute Gasteiger partial charge is 0.227 e. The number of pyridine rings is 1. The predicted molar refractivity (Wildman–Crippen MR) is 144 cm³/mol. The second kappa shape index (κ2) is 9.57. The number of hydrogen-bond acceptors (Lipinski definition) is 9. The van der Waals surface area contributed by atoms with E-state index in [9.17, 15) is 22.3 Å². The number of benzene rings is 1. The summed E-state index contributed by atoms with van der Waals surface area (Å²) in [5.74, 6) is 0.856. The Morgan fingerprint density at radius 3 is 2.61 bits per heavy atom. The van der Waals surface area contributed by atoms with Crippen molar-refractivity contribution >= 4 is 43.9 Å². The van der Waals surface area contributed by atoms with Gasteiger partial charge in [0.1, 0.15) is 33.5 Å². The van der Waals surface area contributed by atoms with Gasteiger partial charge in [-0.25, -0.2) is 27.2 Å². The highest BCUT2D eigenvalue weighted by Gasteiger charge is 2.42. The largest absolute Gasteiger partial charge is 0.389 e. The van der Waals surface area contributed by atoms with Crippen LogP contribution in [0.2, 0.25) is 0 Å². The highest BCUT2D eigenvalue weighted by molar-refractivity contribution is 7.90. The molecule has 4 heterocycles. The minimum absolute atomic E-state index is 0.000392. The van der Waals surface area contributed by atoms with Crippen LogP contribution in [-0.4, -0.2) is 78.4 Å². The quantitative estimate of drug-likeness (QED) is 0.481. The van der Waals surface area contributed by atoms with E-state index in [4.69, 9.17) is 0 Å². The maximum Gasteiger partial charge on any atom is 0.227 e. The maximum absolute atomic E-state index is 14.9. The van der Waals surface area contributed by atoms with Gasteiger partial charge in [-0.2, -0.15) is 4.98 Å². The fourth-order valence-electron chi connectivity index (χ4n) is 5.40. The summed E-state index contributed by atoms with van der Waals surface area (Å²) in [6.45, 7) is 6.51. The van der Waals surface area contributed by atoms with Crippen LogP contribution in [0.5, 0.6) is 0 Å². The maximum atomic E-state index is 14.9. The minimum Gasteiger partial charge on any atom is -0.389 e. The standard InChI is InChI=1S/C26H32F2N6O3S/c1-15-16(13-38(4,36)37)11-34(15)21-6-5-19(27)17-9-23(30-10-18(17)21)31-22-7-8-29-25(32-22)33-12-20(28)24(35)26(2,3)14-33/h5-10,15-16,20,24,35H,11-14H2,1-4H3,(H,29,30,31,32)/t15-,16-,20-,24-/m1/s1. The van der Waals surface area contributed by atoms with Crippen LogP contribution in [-0.2, 0) is 9.84 Å². The minimum atomic E-state index is -3.08. The van der Waals surface area contributed by atoms with Gasteiger partial charge in [0.15, 0.2) is 0 Å². The molecule has 38 heavy (non-hydrogen) atoms. The lowest BCUT2D eigenvalue weighted by Gasteiger charge is -2.48. The van der Waals surface area contributed by atoms with Crippen molar-refractivity contribution in [1.82, 2.24) is 15.0 Å². The Bertz CT molecular complexity index is 1470. The van der Waals surface area contributed by atoms with E-state index in [1.807, 2.05) is 6.92 Å². The van der Waals surface area contributed by atoms with Gasteiger partial charge in [0.05, 0.1) is 18.4 Å². The number of aromatic nitrogens is 3. The summed E-state index contributed by atoms with van der Waals surface area (Å²) >= 11 is 0. The third-order valence-corrected chi connectivity index (χ3v) is 8.61. The molecular weight excluding hydrogens is 514 g/mol. The summed E-state index contributed by atoms with van der Waals surface area (Å²) in [7, 11) is -3.08. The van der Waals surface area contributed by atoms with Crippen LogP contribution in [0.1, 0.15) is 20.8 Å². The van der Waals surface area contributed by atoms with Gasteiger partial charge in [0, 0.05) is 65.6 Å². The van der Waals surface area contributed by atoms with Gasteiger partial charge in [0.25, 0.3) is 0 Å². The molecule has 2 fully saturated rings. The van der Waals surface area contributed by atoms with Crippen LogP contribution >= 0.6 is 0 Å². The molecule has 12 heteroatoms. The van der Waals surface area contributed by atoms with Crippen molar-refractivity contribution in [3.8, 4) is 0 Å². The third kappa shape index (κ3) is 5.11. The Morgan fingerprint density at radius 1 is 1.16 bits per heavy atom. The van der Waals surface area contributed by atoms with Crippen LogP contribution in [0.25, 0.3) is 10.8 Å². The molecule has 9 nitrogen and oxygen atoms in total. The molecule has 0 amide bonds. The molecule has 3 aromatic rings. The van der Waals surface area contributed by atoms with E-state index >= 15 is 0 Å². The number of aliphatic hydroxyl groups is 1. The van der Waals surface area contributed by atoms with Crippen LogP contribution < -0.4 is 15.1 Å². The second-order valence-corrected chi connectivity index (χ2v) is 13.3. The summed E-state index contributed by atoms with van der Waals surface area (Å²) in [5.41, 5.74) is 0.135. The highest BCUT2D eigenvalue weighted by atomic mass is 32.2. The summed E-state index contributed by atoms with van der Waals surface area (Å²) in [4.78, 5) is 17.0. The molecular formula is C26H32F2N6O3S. The van der Waals surface area contributed by atoms with Gasteiger partial charge in [-0.15, -0.1) is 0 Å². The van der Waals surface area contributed by atoms with Crippen molar-refractivity contribution < 1.29 is 22.3 Å². The van der Waals surface area contributed by atoms with Crippen LogP contribution in [0.4, 0.5) is 32.1 Å². The van der Waals surface area contributed by atoms with Gasteiger partial charge in [0.2, 0.25) is 5.95 Å². The molecule has 0 spiro atoms. The Morgan fingerprint density at radius 2 is 1.92 bits per heavy atom. The number of anilines is 4. The molecule has 0 radical (unpaired) electrons. The van der Waals surface area contributed by atoms with Crippen molar-refractivity contribution in [2.24, 2.45) is 11.3 Å². The number of piperidine rings is 1. The number of sulfone groups is 1. The Kier molecular flexibility index (Phi) is 6.67. The summed E-state index contributed by atoms with van der Waals surface area (Å²) < 4.78 is 52.7. The van der Waals surface area contributed by atoms with Crippen molar-refractivity contribution in [1.29, 1.82) is 0 Å². The molecule has 1 aromatic carbocycles. The van der Waals surface area contributed by atoms with E-state index in [0.717, 1.165) is 5.69 Å². The summed E-state index contributed by atoms with van der Waals surface area (Å²) in [6, 6.07) is 6.35. The highest BCUT2D eigenvalue weighted by Crippen LogP contribution is 2.38. The number of hydrogen-bond donors (Lipinski definition) is 2. The van der Waals surface area contributed by atoms with Gasteiger partial charge >= 0.3 is 0 Å². The molecule has 0 bridgehead atoms. The first kappa shape index (κ1) is 26.5. The van der Waals surface area contributed by atoms with Gasteiger partial charge in [-0.1, -0.05) is 13.8 Å². The van der Waals surface area contributed by atoms with Gasteiger partial charge in [-0.05, 0) is 31.2 Å². The van der Waals surface area contributed by atoms with Crippen LogP contribution in [0, 0.1) is 17.2 Å². The SMILES string of the molecule is C[C@@H]1[C@@H](CS(C)(=O)=O)CN1c1ccc(F)c2cc(Nc3ccnc(N4C[C@@H](F)[C@@H](O)C(C)(C)C4)n3)ncc12. The number of rotatable bonds is 6. The monoisotopic (exact) mass is 546 g/mol. The number of nitrogens with zero attached hydrogens (tertiary/aromatic N) is 5. The van der Waals surface area contributed by atoms with E-state index in [1.54, 1.807) is 49.3 Å². The van der Waals surface area contributed by atoms with Crippen molar-refractivity contribution in [2.45, 2.75) is 39.1 Å². The van der Waals surface area contributed by atoms with Crippen molar-refractivity contribution in [3.63, 3.8) is 0 Å². The van der Waals surface area contributed by atoms with E-state index in [0.29, 0.717) is 41.4 Å². The number of halogens is 2. The molecule has 5 rings (SSSR count). The zero-order valence-corrected chi connectivity index (χ0v) is 22.6. The average molecular weight is 547 g/mol. The summed E-state index contributed by atoms with van der Waals surface area (Å²) in [6.07, 6.45) is 1.90. The van der Waals surface area contributed by atoms with Gasteiger partial charge in [-0.3, -0.25) is 0 Å². The topological polar surface area (TPSA) is 112 Å². The lowest BCUT2D eigenvalue weighted by Crippen LogP contribution is -2.57. The van der Waals surface area contributed by atoms with Crippen molar-refractivity contribution in [3.05, 3.63) is 42.5 Å². The molecule has 2 saturated heterocycles. The Hall–Kier alpha value is -3.12. The molecule has 0 saturated carbocycles. The number of fused-ring (bicyclic) bond motifs is 1. The van der Waals surface area contributed by atoms with Gasteiger partial charge < -0.3 is 20.2 Å². The molecule has 0 aliphatic carbocycles.